The fourth-order valence-electron chi connectivity index (χ4n) is 5.18. The molecule has 0 amide bonds. The van der Waals surface area contributed by atoms with Gasteiger partial charge in [0.15, 0.2) is 0 Å². The predicted octanol–water partition coefficient (Wildman–Crippen LogP) is 6.44. The van der Waals surface area contributed by atoms with E-state index in [4.69, 9.17) is 0 Å². The number of aliphatic imine (C=N–C) groups is 1. The van der Waals surface area contributed by atoms with Crippen molar-refractivity contribution in [3.63, 3.8) is 0 Å². The van der Waals surface area contributed by atoms with Crippen molar-refractivity contribution in [3.8, 4) is 0 Å². The zero-order chi connectivity index (χ0) is 27.5. The lowest BCUT2D eigenvalue weighted by Crippen LogP contribution is -2.34. The van der Waals surface area contributed by atoms with Crippen molar-refractivity contribution < 1.29 is 0 Å². The van der Waals surface area contributed by atoms with Gasteiger partial charge in [0.2, 0.25) is 0 Å². The summed E-state index contributed by atoms with van der Waals surface area (Å²) in [4.78, 5) is 21.6. The number of halogens is 1. The summed E-state index contributed by atoms with van der Waals surface area (Å²) in [7, 11) is 5.80. The van der Waals surface area contributed by atoms with E-state index in [0.717, 1.165) is 55.5 Å². The SMILES string of the molecule is C=C.CN=CN(C)c1ccc(CCCC2CCN(Cc3c(Br)c(=O)n(C4=CCC=CC=C4)n3C)CC2)cc1. The van der Waals surface area contributed by atoms with E-state index in [1.54, 1.807) is 11.7 Å². The van der Waals surface area contributed by atoms with Crippen molar-refractivity contribution in [2.75, 3.05) is 32.1 Å². The number of nitrogens with zero attached hydrogens (tertiary/aromatic N) is 5. The Morgan fingerprint density at radius 2 is 1.87 bits per heavy atom. The van der Waals surface area contributed by atoms with Crippen LogP contribution >= 0.6 is 15.9 Å². The van der Waals surface area contributed by atoms with E-state index < -0.39 is 0 Å². The van der Waals surface area contributed by atoms with Crippen molar-refractivity contribution in [2.24, 2.45) is 18.0 Å². The smallest absolute Gasteiger partial charge is 0.286 e. The van der Waals surface area contributed by atoms with Gasteiger partial charge < -0.3 is 4.90 Å². The third-order valence-corrected chi connectivity index (χ3v) is 8.13. The lowest BCUT2D eigenvalue weighted by molar-refractivity contribution is 0.167. The largest absolute Gasteiger partial charge is 0.336 e. The molecule has 1 aliphatic carbocycles. The number of hydrogen-bond acceptors (Lipinski definition) is 3. The molecule has 7 heteroatoms. The van der Waals surface area contributed by atoms with E-state index >= 15 is 0 Å². The van der Waals surface area contributed by atoms with Crippen LogP contribution in [0.1, 0.15) is 43.4 Å². The Morgan fingerprint density at radius 3 is 2.55 bits per heavy atom. The number of allylic oxidation sites excluding steroid dienone is 6. The molecule has 1 aliphatic heterocycles. The summed E-state index contributed by atoms with van der Waals surface area (Å²) in [5.41, 5.74) is 4.55. The highest BCUT2D eigenvalue weighted by Gasteiger charge is 2.23. The minimum atomic E-state index is 0.0124. The Kier molecular flexibility index (Phi) is 11.6. The average Bonchev–Trinajstić information content (AvgIpc) is 3.12. The summed E-state index contributed by atoms with van der Waals surface area (Å²) in [5, 5.41) is 0. The Balaban J connectivity index is 0.00000195. The third-order valence-electron chi connectivity index (χ3n) is 7.34. The van der Waals surface area contributed by atoms with Crippen LogP contribution in [-0.4, -0.2) is 47.8 Å². The fourth-order valence-corrected chi connectivity index (χ4v) is 5.73. The topological polar surface area (TPSA) is 45.8 Å². The second-order valence-corrected chi connectivity index (χ2v) is 10.6. The Labute approximate surface area is 236 Å². The van der Waals surface area contributed by atoms with Crippen LogP contribution in [0.4, 0.5) is 5.69 Å². The maximum Gasteiger partial charge on any atom is 0.286 e. The van der Waals surface area contributed by atoms with Crippen LogP contribution in [-0.2, 0) is 20.0 Å². The molecular weight excluding hydrogens is 538 g/mol. The van der Waals surface area contributed by atoms with Crippen LogP contribution in [0.3, 0.4) is 0 Å². The first-order valence-electron chi connectivity index (χ1n) is 13.4. The van der Waals surface area contributed by atoms with Crippen molar-refractivity contribution in [1.29, 1.82) is 0 Å². The molecule has 38 heavy (non-hydrogen) atoms. The van der Waals surface area contributed by atoms with Crippen LogP contribution in [0.25, 0.3) is 5.70 Å². The molecule has 1 fully saturated rings. The fraction of sp³-hybridized carbons (Fsp3) is 0.419. The summed E-state index contributed by atoms with van der Waals surface area (Å²) < 4.78 is 4.47. The van der Waals surface area contributed by atoms with Gasteiger partial charge in [-0.05, 0) is 90.8 Å². The van der Waals surface area contributed by atoms with Gasteiger partial charge in [-0.1, -0.05) is 42.9 Å². The Morgan fingerprint density at radius 1 is 1.16 bits per heavy atom. The molecule has 0 spiro atoms. The minimum Gasteiger partial charge on any atom is -0.336 e. The van der Waals surface area contributed by atoms with Crippen molar-refractivity contribution >= 4 is 33.7 Å². The molecule has 204 valence electrons. The van der Waals surface area contributed by atoms with E-state index in [2.05, 4.69) is 75.4 Å². The molecule has 2 aliphatic rings. The lowest BCUT2D eigenvalue weighted by atomic mass is 9.90. The highest BCUT2D eigenvalue weighted by Crippen LogP contribution is 2.26. The van der Waals surface area contributed by atoms with E-state index in [0.29, 0.717) is 4.47 Å². The van der Waals surface area contributed by atoms with Gasteiger partial charge in [0.1, 0.15) is 4.47 Å². The van der Waals surface area contributed by atoms with Gasteiger partial charge in [0.25, 0.3) is 5.56 Å². The molecule has 0 atom stereocenters. The number of aryl methyl sites for hydroxylation is 1. The van der Waals surface area contributed by atoms with Gasteiger partial charge in [-0.15, -0.1) is 13.2 Å². The number of benzene rings is 1. The van der Waals surface area contributed by atoms with Gasteiger partial charge >= 0.3 is 0 Å². The second-order valence-electron chi connectivity index (χ2n) is 9.82. The molecule has 0 bridgehead atoms. The second kappa shape index (κ2) is 14.9. The number of piperidine rings is 1. The Bertz CT molecular complexity index is 1210. The number of aromatic nitrogens is 2. The first-order valence-corrected chi connectivity index (χ1v) is 14.2. The number of rotatable bonds is 9. The number of hydrogen-bond donors (Lipinski definition) is 0. The summed E-state index contributed by atoms with van der Waals surface area (Å²) >= 11 is 3.60. The van der Waals surface area contributed by atoms with Crippen LogP contribution in [0, 0.1) is 5.92 Å². The van der Waals surface area contributed by atoms with Gasteiger partial charge in [0, 0.05) is 33.4 Å². The van der Waals surface area contributed by atoms with E-state index in [1.807, 2.05) is 48.2 Å². The molecule has 0 unspecified atom stereocenters. The molecule has 1 aromatic heterocycles. The van der Waals surface area contributed by atoms with E-state index in [9.17, 15) is 4.79 Å². The molecule has 1 aromatic carbocycles. The summed E-state index contributed by atoms with van der Waals surface area (Å²) in [5.74, 6) is 0.790. The van der Waals surface area contributed by atoms with Crippen molar-refractivity contribution in [1.82, 2.24) is 14.3 Å². The molecule has 2 heterocycles. The van der Waals surface area contributed by atoms with E-state index in [1.165, 1.54) is 31.2 Å². The van der Waals surface area contributed by atoms with Crippen molar-refractivity contribution in [3.05, 3.63) is 93.9 Å². The predicted molar refractivity (Wildman–Crippen MR) is 166 cm³/mol. The monoisotopic (exact) mass is 579 g/mol. The zero-order valence-corrected chi connectivity index (χ0v) is 24.7. The first kappa shape index (κ1) is 29.7. The molecule has 4 rings (SSSR count). The number of anilines is 1. The molecule has 0 saturated carbocycles. The zero-order valence-electron chi connectivity index (χ0n) is 23.2. The van der Waals surface area contributed by atoms with E-state index in [-0.39, 0.29) is 5.56 Å². The lowest BCUT2D eigenvalue weighted by Gasteiger charge is -2.32. The number of likely N-dealkylation sites (tertiary alicyclic amines) is 1. The summed E-state index contributed by atoms with van der Waals surface area (Å²) in [6, 6.07) is 8.83. The maximum atomic E-state index is 13.0. The first-order chi connectivity index (χ1) is 18.5. The average molecular weight is 581 g/mol. The quantitative estimate of drug-likeness (QED) is 0.195. The van der Waals surface area contributed by atoms with Gasteiger partial charge in [-0.3, -0.25) is 19.4 Å². The minimum absolute atomic E-state index is 0.0124. The van der Waals surface area contributed by atoms with Crippen molar-refractivity contribution in [2.45, 2.75) is 45.1 Å². The standard InChI is InChI=1S/C29H38BrN5O.C2H4/c1-31-22-32(2)25-15-13-23(14-16-25)9-8-10-24-17-19-34(20-18-24)21-27-28(30)29(36)35(33(27)3)26-11-6-4-5-7-12-26;1-2/h4-6,11-16,22,24H,7-10,17-21H2,1-3H3;1-2H2. The normalized spacial score (nSPS) is 16.3. The maximum absolute atomic E-state index is 13.0. The van der Waals surface area contributed by atoms with Gasteiger partial charge in [-0.25, -0.2) is 4.68 Å². The Hall–Kier alpha value is -2.90. The molecule has 1 saturated heterocycles. The third kappa shape index (κ3) is 7.58. The molecular formula is C31H42BrN5O. The molecule has 0 N–H and O–H groups in total. The van der Waals surface area contributed by atoms with Crippen LogP contribution in [0.15, 0.2) is 82.1 Å². The highest BCUT2D eigenvalue weighted by atomic mass is 79.9. The molecule has 6 nitrogen and oxygen atoms in total. The van der Waals surface area contributed by atoms with Crippen LogP contribution in [0.5, 0.6) is 0 Å². The van der Waals surface area contributed by atoms with Gasteiger partial charge in [-0.2, -0.15) is 0 Å². The summed E-state index contributed by atoms with van der Waals surface area (Å²) in [6.07, 6.45) is 19.0. The van der Waals surface area contributed by atoms with Gasteiger partial charge in [0.05, 0.1) is 17.7 Å². The van der Waals surface area contributed by atoms with Crippen LogP contribution in [0.2, 0.25) is 0 Å². The highest BCUT2D eigenvalue weighted by molar-refractivity contribution is 9.10. The molecule has 0 radical (unpaired) electrons. The van der Waals surface area contributed by atoms with Crippen LogP contribution < -0.4 is 10.5 Å². The molecule has 2 aromatic rings. The summed E-state index contributed by atoms with van der Waals surface area (Å²) in [6.45, 7) is 8.97.